The van der Waals surface area contributed by atoms with Crippen molar-refractivity contribution in [3.05, 3.63) is 11.5 Å². The minimum atomic E-state index is -3.19. The Labute approximate surface area is 59.9 Å². The zero-order valence-electron chi connectivity index (χ0n) is 5.84. The molecule has 58 valence electrons. The van der Waals surface area contributed by atoms with Crippen LogP contribution < -0.4 is 4.72 Å². The highest BCUT2D eigenvalue weighted by Gasteiger charge is 2.17. The zero-order chi connectivity index (χ0) is 7.78. The molecule has 4 nitrogen and oxygen atoms in total. The normalized spacial score (nSPS) is 23.4. The van der Waals surface area contributed by atoms with Crippen molar-refractivity contribution in [3.8, 4) is 0 Å². The molecule has 5 heteroatoms. The second kappa shape index (κ2) is 2.16. The van der Waals surface area contributed by atoms with Crippen molar-refractivity contribution in [2.24, 2.45) is 0 Å². The topological polar surface area (TPSA) is 55.4 Å². The molecule has 0 radical (unpaired) electrons. The van der Waals surface area contributed by atoms with E-state index in [0.717, 1.165) is 0 Å². The van der Waals surface area contributed by atoms with E-state index < -0.39 is 10.0 Å². The SMILES string of the molecule is CC1=C(C)OCS(=O)(=O)N1. The molecular formula is C5H9NO3S. The van der Waals surface area contributed by atoms with Crippen LogP contribution in [0.1, 0.15) is 13.8 Å². The third-order valence-electron chi connectivity index (χ3n) is 1.27. The molecular weight excluding hydrogens is 154 g/mol. The van der Waals surface area contributed by atoms with E-state index in [4.69, 9.17) is 4.74 Å². The Morgan fingerprint density at radius 1 is 1.50 bits per heavy atom. The molecule has 10 heavy (non-hydrogen) atoms. The van der Waals surface area contributed by atoms with E-state index in [-0.39, 0.29) is 5.94 Å². The smallest absolute Gasteiger partial charge is 0.268 e. The fourth-order valence-electron chi connectivity index (χ4n) is 0.609. The summed E-state index contributed by atoms with van der Waals surface area (Å²) in [4.78, 5) is 0. The molecule has 0 aromatic heterocycles. The molecule has 0 aliphatic carbocycles. The molecule has 0 atom stereocenters. The van der Waals surface area contributed by atoms with Crippen molar-refractivity contribution < 1.29 is 13.2 Å². The van der Waals surface area contributed by atoms with E-state index in [1.807, 2.05) is 0 Å². The summed E-state index contributed by atoms with van der Waals surface area (Å²) in [7, 11) is -3.19. The van der Waals surface area contributed by atoms with Gasteiger partial charge in [0.25, 0.3) is 10.0 Å². The third kappa shape index (κ3) is 1.41. The fourth-order valence-corrected chi connectivity index (χ4v) is 1.61. The van der Waals surface area contributed by atoms with Gasteiger partial charge in [-0.25, -0.2) is 8.42 Å². The number of sulfonamides is 1. The summed E-state index contributed by atoms with van der Waals surface area (Å²) in [5.41, 5.74) is 0.561. The lowest BCUT2D eigenvalue weighted by atomic mass is 10.4. The molecule has 1 N–H and O–H groups in total. The molecule has 0 unspecified atom stereocenters. The van der Waals surface area contributed by atoms with Crippen molar-refractivity contribution in [1.29, 1.82) is 0 Å². The van der Waals surface area contributed by atoms with Crippen LogP contribution in [0.4, 0.5) is 0 Å². The number of allylic oxidation sites excluding steroid dienone is 2. The van der Waals surface area contributed by atoms with Gasteiger partial charge in [0.1, 0.15) is 5.76 Å². The molecule has 1 aliphatic heterocycles. The number of ether oxygens (including phenoxy) is 1. The quantitative estimate of drug-likeness (QED) is 0.553. The molecule has 0 aromatic carbocycles. The maximum Gasteiger partial charge on any atom is 0.268 e. The monoisotopic (exact) mass is 163 g/mol. The summed E-state index contributed by atoms with van der Waals surface area (Å²) in [5.74, 6) is 0.366. The standard InChI is InChI=1S/C5H9NO3S/c1-4-5(2)9-3-10(7,8)6-4/h6H,3H2,1-2H3. The first-order chi connectivity index (χ1) is 4.51. The summed E-state index contributed by atoms with van der Waals surface area (Å²) < 4.78 is 28.6. The second-order valence-electron chi connectivity index (χ2n) is 2.16. The van der Waals surface area contributed by atoms with Crippen LogP contribution in [0.25, 0.3) is 0 Å². The lowest BCUT2D eigenvalue weighted by molar-refractivity contribution is 0.251. The molecule has 0 fully saturated rings. The fraction of sp³-hybridized carbons (Fsp3) is 0.600. The largest absolute Gasteiger partial charge is 0.479 e. The van der Waals surface area contributed by atoms with Crippen LogP contribution in [-0.2, 0) is 14.8 Å². The van der Waals surface area contributed by atoms with Gasteiger partial charge in [0.15, 0.2) is 0 Å². The first kappa shape index (κ1) is 7.40. The Morgan fingerprint density at radius 2 is 2.10 bits per heavy atom. The van der Waals surface area contributed by atoms with Gasteiger partial charge in [0.2, 0.25) is 5.94 Å². The second-order valence-corrected chi connectivity index (χ2v) is 3.83. The predicted molar refractivity (Wildman–Crippen MR) is 36.4 cm³/mol. The molecule has 0 bridgehead atoms. The van der Waals surface area contributed by atoms with Crippen molar-refractivity contribution in [2.45, 2.75) is 13.8 Å². The maximum atomic E-state index is 10.7. The number of hydrogen-bond donors (Lipinski definition) is 1. The molecule has 0 saturated heterocycles. The average Bonchev–Trinajstić information content (AvgIpc) is 1.79. The molecule has 0 saturated carbocycles. The lowest BCUT2D eigenvalue weighted by Crippen LogP contribution is -2.31. The van der Waals surface area contributed by atoms with Crippen LogP contribution in [0, 0.1) is 0 Å². The highest BCUT2D eigenvalue weighted by molar-refractivity contribution is 7.89. The predicted octanol–water partition coefficient (Wildman–Crippen LogP) is 0.145. The van der Waals surface area contributed by atoms with Crippen LogP contribution in [0.2, 0.25) is 0 Å². The van der Waals surface area contributed by atoms with Crippen molar-refractivity contribution in [3.63, 3.8) is 0 Å². The van der Waals surface area contributed by atoms with Crippen molar-refractivity contribution in [2.75, 3.05) is 5.94 Å². The summed E-state index contributed by atoms with van der Waals surface area (Å²) in [6, 6.07) is 0. The van der Waals surface area contributed by atoms with Crippen LogP contribution >= 0.6 is 0 Å². The van der Waals surface area contributed by atoms with Gasteiger partial charge >= 0.3 is 0 Å². The Balaban J connectivity index is 2.93. The van der Waals surface area contributed by atoms with Crippen LogP contribution in [-0.4, -0.2) is 14.4 Å². The van der Waals surface area contributed by atoms with Gasteiger partial charge in [-0.05, 0) is 13.8 Å². The highest BCUT2D eigenvalue weighted by Crippen LogP contribution is 2.09. The van der Waals surface area contributed by atoms with Gasteiger partial charge in [-0.1, -0.05) is 0 Å². The van der Waals surface area contributed by atoms with E-state index in [0.29, 0.717) is 11.5 Å². The van der Waals surface area contributed by atoms with Crippen molar-refractivity contribution in [1.82, 2.24) is 4.72 Å². The first-order valence-corrected chi connectivity index (χ1v) is 4.47. The molecule has 0 spiro atoms. The highest BCUT2D eigenvalue weighted by atomic mass is 32.2. The minimum absolute atomic E-state index is 0.268. The maximum absolute atomic E-state index is 10.7. The third-order valence-corrected chi connectivity index (χ3v) is 2.31. The number of rotatable bonds is 0. The molecule has 1 rings (SSSR count). The summed E-state index contributed by atoms with van der Waals surface area (Å²) in [5, 5.41) is 0. The number of hydrogen-bond acceptors (Lipinski definition) is 3. The van der Waals surface area contributed by atoms with Gasteiger partial charge < -0.3 is 4.74 Å². The van der Waals surface area contributed by atoms with Gasteiger partial charge in [-0.2, -0.15) is 0 Å². The zero-order valence-corrected chi connectivity index (χ0v) is 6.66. The summed E-state index contributed by atoms with van der Waals surface area (Å²) in [6.07, 6.45) is 0. The van der Waals surface area contributed by atoms with Gasteiger partial charge in [0.05, 0.1) is 5.70 Å². The van der Waals surface area contributed by atoms with Crippen molar-refractivity contribution >= 4 is 10.0 Å². The number of nitrogens with one attached hydrogen (secondary N) is 1. The Morgan fingerprint density at radius 3 is 2.50 bits per heavy atom. The Kier molecular flexibility index (Phi) is 1.60. The van der Waals surface area contributed by atoms with E-state index in [9.17, 15) is 8.42 Å². The van der Waals surface area contributed by atoms with Gasteiger partial charge in [-0.15, -0.1) is 0 Å². The van der Waals surface area contributed by atoms with E-state index in [1.165, 1.54) is 0 Å². The Hall–Kier alpha value is -0.710. The minimum Gasteiger partial charge on any atom is -0.479 e. The van der Waals surface area contributed by atoms with Gasteiger partial charge in [-0.3, -0.25) is 4.72 Å². The van der Waals surface area contributed by atoms with Crippen LogP contribution in [0.3, 0.4) is 0 Å². The van der Waals surface area contributed by atoms with E-state index in [2.05, 4.69) is 4.72 Å². The molecule has 0 aromatic rings. The Bertz CT molecular complexity index is 265. The van der Waals surface area contributed by atoms with E-state index in [1.54, 1.807) is 13.8 Å². The molecule has 1 heterocycles. The lowest BCUT2D eigenvalue weighted by Gasteiger charge is -2.17. The molecule has 0 amide bonds. The van der Waals surface area contributed by atoms with Gasteiger partial charge in [0, 0.05) is 0 Å². The summed E-state index contributed by atoms with van der Waals surface area (Å²) in [6.45, 7) is 3.38. The first-order valence-electron chi connectivity index (χ1n) is 2.82. The average molecular weight is 163 g/mol. The summed E-state index contributed by atoms with van der Waals surface area (Å²) >= 11 is 0. The molecule has 1 aliphatic rings. The van der Waals surface area contributed by atoms with Crippen LogP contribution in [0.5, 0.6) is 0 Å². The van der Waals surface area contributed by atoms with E-state index >= 15 is 0 Å². The van der Waals surface area contributed by atoms with Crippen LogP contribution in [0.15, 0.2) is 11.5 Å².